The molecule has 0 saturated carbocycles. The molecular formula is C27H34N2O5. The van der Waals surface area contributed by atoms with Crippen LogP contribution in [-0.2, 0) is 14.3 Å². The summed E-state index contributed by atoms with van der Waals surface area (Å²) in [7, 11) is 0. The van der Waals surface area contributed by atoms with Crippen LogP contribution in [0.3, 0.4) is 0 Å². The van der Waals surface area contributed by atoms with Crippen molar-refractivity contribution < 1.29 is 24.2 Å². The van der Waals surface area contributed by atoms with Crippen molar-refractivity contribution in [3.8, 4) is 11.1 Å². The van der Waals surface area contributed by atoms with Gasteiger partial charge in [0.2, 0.25) is 5.91 Å². The second-order valence-corrected chi connectivity index (χ2v) is 9.54. The van der Waals surface area contributed by atoms with E-state index >= 15 is 0 Å². The molecule has 0 saturated heterocycles. The van der Waals surface area contributed by atoms with E-state index in [0.29, 0.717) is 12.8 Å². The van der Waals surface area contributed by atoms with Gasteiger partial charge in [0, 0.05) is 19.0 Å². The number of benzene rings is 2. The molecule has 1 aliphatic carbocycles. The molecule has 3 N–H and O–H groups in total. The lowest BCUT2D eigenvalue weighted by Crippen LogP contribution is -2.49. The Hall–Kier alpha value is -3.35. The summed E-state index contributed by atoms with van der Waals surface area (Å²) < 4.78 is 5.54. The number of aliphatic carboxylic acids is 1. The zero-order valence-corrected chi connectivity index (χ0v) is 20.3. The van der Waals surface area contributed by atoms with E-state index in [4.69, 9.17) is 4.74 Å². The van der Waals surface area contributed by atoms with Gasteiger partial charge in [0.15, 0.2) is 0 Å². The Labute approximate surface area is 200 Å². The zero-order chi connectivity index (χ0) is 24.9. The molecule has 0 atom stereocenters. The molecule has 0 aliphatic heterocycles. The quantitative estimate of drug-likeness (QED) is 0.476. The SMILES string of the molecule is CCC(CC)(CNC(=O)C(C)(C)CNC(=O)OCC1c2ccccc2-c2ccccc21)C(=O)O. The molecule has 0 bridgehead atoms. The van der Waals surface area contributed by atoms with Crippen molar-refractivity contribution in [2.24, 2.45) is 10.8 Å². The largest absolute Gasteiger partial charge is 0.481 e. The third kappa shape index (κ3) is 5.08. The molecule has 0 fully saturated rings. The summed E-state index contributed by atoms with van der Waals surface area (Å²) in [5.74, 6) is -1.28. The average molecular weight is 467 g/mol. The minimum atomic E-state index is -0.994. The Morgan fingerprint density at radius 3 is 1.91 bits per heavy atom. The van der Waals surface area contributed by atoms with Gasteiger partial charge >= 0.3 is 12.1 Å². The Kier molecular flexibility index (Phi) is 7.64. The molecule has 3 rings (SSSR count). The number of alkyl carbamates (subject to hydrolysis) is 1. The molecule has 2 aromatic rings. The highest BCUT2D eigenvalue weighted by Gasteiger charge is 2.37. The maximum atomic E-state index is 12.7. The van der Waals surface area contributed by atoms with Gasteiger partial charge in [0.05, 0.1) is 10.8 Å². The van der Waals surface area contributed by atoms with E-state index in [1.165, 1.54) is 0 Å². The van der Waals surface area contributed by atoms with Gasteiger partial charge in [-0.3, -0.25) is 9.59 Å². The van der Waals surface area contributed by atoms with Gasteiger partial charge in [-0.05, 0) is 48.9 Å². The predicted octanol–water partition coefficient (Wildman–Crippen LogP) is 4.56. The van der Waals surface area contributed by atoms with E-state index in [1.807, 2.05) is 24.3 Å². The summed E-state index contributed by atoms with van der Waals surface area (Å²) in [6.07, 6.45) is 0.236. The molecule has 34 heavy (non-hydrogen) atoms. The van der Waals surface area contributed by atoms with Crippen LogP contribution in [0.2, 0.25) is 0 Å². The summed E-state index contributed by atoms with van der Waals surface area (Å²) in [6, 6.07) is 16.2. The maximum absolute atomic E-state index is 12.7. The van der Waals surface area contributed by atoms with Gasteiger partial charge in [-0.25, -0.2) is 4.79 Å². The van der Waals surface area contributed by atoms with E-state index < -0.39 is 22.9 Å². The number of carboxylic acids is 1. The number of amides is 2. The normalized spacial score (nSPS) is 13.1. The van der Waals surface area contributed by atoms with Crippen LogP contribution in [0.25, 0.3) is 11.1 Å². The predicted molar refractivity (Wildman–Crippen MR) is 131 cm³/mol. The lowest BCUT2D eigenvalue weighted by atomic mass is 9.82. The fourth-order valence-corrected chi connectivity index (χ4v) is 4.39. The summed E-state index contributed by atoms with van der Waals surface area (Å²) in [6.45, 7) is 7.30. The van der Waals surface area contributed by atoms with Gasteiger partial charge < -0.3 is 20.5 Å². The number of carboxylic acid groups (broad SMARTS) is 1. The summed E-state index contributed by atoms with van der Waals surface area (Å²) >= 11 is 0. The molecule has 0 unspecified atom stereocenters. The monoisotopic (exact) mass is 466 g/mol. The van der Waals surface area contributed by atoms with Gasteiger partial charge in [-0.1, -0.05) is 62.4 Å². The number of hydrogen-bond donors (Lipinski definition) is 3. The number of carbonyl (C=O) groups excluding carboxylic acids is 2. The first-order valence-electron chi connectivity index (χ1n) is 11.8. The van der Waals surface area contributed by atoms with Crippen molar-refractivity contribution in [3.05, 3.63) is 59.7 Å². The molecule has 0 aromatic heterocycles. The number of fused-ring (bicyclic) bond motifs is 3. The van der Waals surface area contributed by atoms with Crippen molar-refractivity contribution in [1.82, 2.24) is 10.6 Å². The Morgan fingerprint density at radius 2 is 1.41 bits per heavy atom. The first-order chi connectivity index (χ1) is 16.1. The molecule has 1 aliphatic rings. The second kappa shape index (κ2) is 10.3. The molecule has 2 aromatic carbocycles. The van der Waals surface area contributed by atoms with E-state index in [9.17, 15) is 19.5 Å². The summed E-state index contributed by atoms with van der Waals surface area (Å²) in [5.41, 5.74) is 2.64. The minimum absolute atomic E-state index is 0.0401. The number of hydrogen-bond acceptors (Lipinski definition) is 4. The van der Waals surface area contributed by atoms with Gasteiger partial charge in [0.25, 0.3) is 0 Å². The number of rotatable bonds is 10. The van der Waals surface area contributed by atoms with Crippen LogP contribution in [-0.4, -0.2) is 42.8 Å². The average Bonchev–Trinajstić information content (AvgIpc) is 3.16. The Balaban J connectivity index is 1.55. The van der Waals surface area contributed by atoms with Crippen molar-refractivity contribution in [3.63, 3.8) is 0 Å². The van der Waals surface area contributed by atoms with Gasteiger partial charge in [-0.2, -0.15) is 0 Å². The standard InChI is InChI=1S/C27H34N2O5/c1-5-27(6-2,24(31)32)17-28-23(30)26(3,4)16-29-25(33)34-15-22-20-13-9-7-11-18(20)19-12-8-10-14-21(19)22/h7-14,22H,5-6,15-17H2,1-4H3,(H,28,30)(H,29,33)(H,31,32). The molecule has 2 amide bonds. The molecule has 0 spiro atoms. The Bertz CT molecular complexity index is 1010. The van der Waals surface area contributed by atoms with Gasteiger partial charge in [-0.15, -0.1) is 0 Å². The topological polar surface area (TPSA) is 105 Å². The smallest absolute Gasteiger partial charge is 0.407 e. The number of nitrogens with one attached hydrogen (secondary N) is 2. The molecule has 0 radical (unpaired) electrons. The fraction of sp³-hybridized carbons (Fsp3) is 0.444. The highest BCUT2D eigenvalue weighted by atomic mass is 16.5. The van der Waals surface area contributed by atoms with Crippen LogP contribution in [0.4, 0.5) is 4.79 Å². The second-order valence-electron chi connectivity index (χ2n) is 9.54. The van der Waals surface area contributed by atoms with Crippen LogP contribution < -0.4 is 10.6 Å². The first-order valence-corrected chi connectivity index (χ1v) is 11.8. The molecule has 0 heterocycles. The van der Waals surface area contributed by atoms with E-state index in [1.54, 1.807) is 27.7 Å². The minimum Gasteiger partial charge on any atom is -0.481 e. The molecule has 182 valence electrons. The lowest BCUT2D eigenvalue weighted by molar-refractivity contribution is -0.149. The molecule has 7 nitrogen and oxygen atoms in total. The lowest BCUT2D eigenvalue weighted by Gasteiger charge is -2.30. The van der Waals surface area contributed by atoms with Crippen LogP contribution in [0, 0.1) is 10.8 Å². The van der Waals surface area contributed by atoms with Crippen LogP contribution >= 0.6 is 0 Å². The van der Waals surface area contributed by atoms with E-state index in [0.717, 1.165) is 22.3 Å². The summed E-state index contributed by atoms with van der Waals surface area (Å²) in [4.78, 5) is 36.8. The third-order valence-corrected chi connectivity index (χ3v) is 7.03. The van der Waals surface area contributed by atoms with E-state index in [-0.39, 0.29) is 31.5 Å². The maximum Gasteiger partial charge on any atom is 0.407 e. The third-order valence-electron chi connectivity index (χ3n) is 7.03. The highest BCUT2D eigenvalue weighted by molar-refractivity contribution is 5.84. The molecule has 7 heteroatoms. The number of carbonyl (C=O) groups is 3. The first kappa shape index (κ1) is 25.3. The van der Waals surface area contributed by atoms with E-state index in [2.05, 4.69) is 34.9 Å². The number of ether oxygens (including phenoxy) is 1. The highest BCUT2D eigenvalue weighted by Crippen LogP contribution is 2.44. The summed E-state index contributed by atoms with van der Waals surface area (Å²) in [5, 5.41) is 15.0. The van der Waals surface area contributed by atoms with Gasteiger partial charge in [0.1, 0.15) is 6.61 Å². The van der Waals surface area contributed by atoms with Crippen molar-refractivity contribution in [2.45, 2.75) is 46.5 Å². The van der Waals surface area contributed by atoms with Crippen molar-refractivity contribution in [1.29, 1.82) is 0 Å². The van der Waals surface area contributed by atoms with Crippen molar-refractivity contribution >= 4 is 18.0 Å². The Morgan fingerprint density at radius 1 is 0.882 bits per heavy atom. The zero-order valence-electron chi connectivity index (χ0n) is 20.3. The van der Waals surface area contributed by atoms with Crippen LogP contribution in [0.1, 0.15) is 57.6 Å². The van der Waals surface area contributed by atoms with Crippen molar-refractivity contribution in [2.75, 3.05) is 19.7 Å². The van der Waals surface area contributed by atoms with Crippen LogP contribution in [0.15, 0.2) is 48.5 Å². The fourth-order valence-electron chi connectivity index (χ4n) is 4.39. The molecular weight excluding hydrogens is 432 g/mol. The van der Waals surface area contributed by atoms with Crippen LogP contribution in [0.5, 0.6) is 0 Å².